The molecule has 0 spiro atoms. The highest BCUT2D eigenvalue weighted by Gasteiger charge is 2.18. The minimum Gasteiger partial charge on any atom is -0.488 e. The van der Waals surface area contributed by atoms with Crippen molar-refractivity contribution in [2.75, 3.05) is 6.61 Å². The topological polar surface area (TPSA) is 37.4 Å². The Bertz CT molecular complexity index is 401. The van der Waals surface area contributed by atoms with Gasteiger partial charge in [0, 0.05) is 6.07 Å². The van der Waals surface area contributed by atoms with Crippen LogP contribution in [0.5, 0.6) is 5.75 Å². The molecule has 72 valence electrons. The first-order chi connectivity index (χ1) is 6.69. The number of hydrogen-bond acceptors (Lipinski definition) is 2. The fraction of sp³-hybridized carbons (Fsp3) is 0.111. The van der Waals surface area contributed by atoms with Crippen LogP contribution in [0.1, 0.15) is 0 Å². The molecule has 0 N–H and O–H groups in total. The van der Waals surface area contributed by atoms with E-state index in [2.05, 4.69) is 11.6 Å². The predicted molar refractivity (Wildman–Crippen MR) is 51.8 cm³/mol. The van der Waals surface area contributed by atoms with Gasteiger partial charge < -0.3 is 4.74 Å². The van der Waals surface area contributed by atoms with E-state index in [1.165, 1.54) is 12.1 Å². The second kappa shape index (κ2) is 4.58. The van der Waals surface area contributed by atoms with Gasteiger partial charge in [-0.2, -0.15) is 4.39 Å². The minimum atomic E-state index is -0.705. The fourth-order valence-corrected chi connectivity index (χ4v) is 1.06. The van der Waals surface area contributed by atoms with Gasteiger partial charge in [0.1, 0.15) is 12.4 Å². The highest BCUT2D eigenvalue weighted by molar-refractivity contribution is 6.32. The number of benzene rings is 1. The van der Waals surface area contributed by atoms with E-state index in [1.54, 1.807) is 0 Å². The molecule has 0 heterocycles. The summed E-state index contributed by atoms with van der Waals surface area (Å²) in [5.41, 5.74) is -0.214. The summed E-state index contributed by atoms with van der Waals surface area (Å²) in [4.78, 5) is 2.74. The number of rotatable bonds is 3. The van der Waals surface area contributed by atoms with E-state index in [4.69, 9.17) is 21.7 Å². The van der Waals surface area contributed by atoms with Crippen molar-refractivity contribution >= 4 is 17.3 Å². The minimum absolute atomic E-state index is 0.122. The van der Waals surface area contributed by atoms with Crippen molar-refractivity contribution in [2.24, 2.45) is 0 Å². The molecule has 1 aromatic carbocycles. The van der Waals surface area contributed by atoms with Gasteiger partial charge in [0.25, 0.3) is 0 Å². The average molecular weight is 214 g/mol. The third-order valence-electron chi connectivity index (χ3n) is 1.47. The average Bonchev–Trinajstić information content (AvgIpc) is 2.17. The Balaban J connectivity index is 3.05. The van der Waals surface area contributed by atoms with E-state index in [-0.39, 0.29) is 23.1 Å². The molecule has 0 atom stereocenters. The lowest BCUT2D eigenvalue weighted by atomic mass is 10.3. The zero-order valence-electron chi connectivity index (χ0n) is 7.20. The van der Waals surface area contributed by atoms with E-state index in [9.17, 15) is 4.39 Å². The van der Waals surface area contributed by atoms with Gasteiger partial charge in [0.15, 0.2) is 4.98 Å². The van der Waals surface area contributed by atoms with Crippen molar-refractivity contribution in [1.29, 1.82) is 5.39 Å². The maximum absolute atomic E-state index is 12.9. The molecule has 1 aromatic rings. The smallest absolute Gasteiger partial charge is 0.424 e. The first kappa shape index (κ1) is 10.5. The van der Waals surface area contributed by atoms with Gasteiger partial charge in [0.05, 0.1) is 11.1 Å². The van der Waals surface area contributed by atoms with Crippen LogP contribution >= 0.6 is 11.6 Å². The second-order valence-electron chi connectivity index (χ2n) is 2.43. The van der Waals surface area contributed by atoms with E-state index < -0.39 is 5.82 Å². The maximum atomic E-state index is 12.9. The molecule has 0 unspecified atom stereocenters. The molecule has 0 aliphatic rings. The van der Waals surface area contributed by atoms with E-state index >= 15 is 0 Å². The molecular weight excluding hydrogens is 207 g/mol. The Labute approximate surface area is 85.4 Å². The van der Waals surface area contributed by atoms with Crippen molar-refractivity contribution in [3.8, 4) is 5.75 Å². The Hall–Kier alpha value is -1.60. The molecule has 0 aliphatic carbocycles. The Morgan fingerprint density at radius 3 is 2.93 bits per heavy atom. The molecule has 0 amide bonds. The van der Waals surface area contributed by atoms with Crippen molar-refractivity contribution in [3.05, 3.63) is 40.6 Å². The molecule has 0 saturated carbocycles. The van der Waals surface area contributed by atoms with Gasteiger partial charge in [-0.15, -0.1) is 0 Å². The first-order valence-electron chi connectivity index (χ1n) is 3.77. The van der Waals surface area contributed by atoms with Crippen LogP contribution in [0.25, 0.3) is 4.98 Å². The number of ether oxygens (including phenoxy) is 1. The van der Waals surface area contributed by atoms with Crippen LogP contribution in [0.2, 0.25) is 5.02 Å². The highest BCUT2D eigenvalue weighted by atomic mass is 35.5. The maximum Gasteiger partial charge on any atom is 0.424 e. The second-order valence-corrected chi connectivity index (χ2v) is 2.84. The molecule has 0 aliphatic heterocycles. The van der Waals surface area contributed by atoms with Crippen LogP contribution in [0, 0.1) is 11.2 Å². The summed E-state index contributed by atoms with van der Waals surface area (Å²) >= 11 is 5.67. The summed E-state index contributed by atoms with van der Waals surface area (Å²) in [6, 6.07) is 2.23. The molecule has 1 rings (SSSR count). The highest BCUT2D eigenvalue weighted by Crippen LogP contribution is 2.31. The first-order valence-corrected chi connectivity index (χ1v) is 4.14. The van der Waals surface area contributed by atoms with Crippen LogP contribution in [0.15, 0.2) is 24.8 Å². The predicted octanol–water partition coefficient (Wildman–Crippen LogP) is 3.53. The van der Waals surface area contributed by atoms with E-state index in [0.717, 1.165) is 6.07 Å². The van der Waals surface area contributed by atoms with Gasteiger partial charge in [0.2, 0.25) is 11.2 Å². The van der Waals surface area contributed by atoms with Gasteiger partial charge in [-0.1, -0.05) is 24.3 Å². The Kier molecular flexibility index (Phi) is 3.43. The molecule has 5 heteroatoms. The van der Waals surface area contributed by atoms with Crippen LogP contribution in [-0.4, -0.2) is 6.61 Å². The van der Waals surface area contributed by atoms with E-state index in [1.807, 2.05) is 0 Å². The quantitative estimate of drug-likeness (QED) is 0.569. The van der Waals surface area contributed by atoms with Crippen LogP contribution < -0.4 is 4.74 Å². The molecule has 0 saturated heterocycles. The van der Waals surface area contributed by atoms with Crippen molar-refractivity contribution < 1.29 is 9.13 Å². The van der Waals surface area contributed by atoms with Crippen molar-refractivity contribution in [2.45, 2.75) is 0 Å². The number of diazo groups is 1. The lowest BCUT2D eigenvalue weighted by molar-refractivity contribution is 0.363. The molecule has 14 heavy (non-hydrogen) atoms. The summed E-state index contributed by atoms with van der Waals surface area (Å²) < 4.78 is 18.0. The van der Waals surface area contributed by atoms with Crippen molar-refractivity contribution in [1.82, 2.24) is 0 Å². The molecule has 0 fully saturated rings. The standard InChI is InChI=1S/C9H7ClFN2O/c1-2-3-14-9-5-8(13-12)7(11)4-6(9)10/h2,4-5H,1,3H2/q+1. The number of nitrogens with zero attached hydrogens (tertiary/aromatic N) is 2. The molecular formula is C9H7ClFN2O+. The fourth-order valence-electron chi connectivity index (χ4n) is 0.854. The summed E-state index contributed by atoms with van der Waals surface area (Å²) in [6.45, 7) is 3.70. The number of halogens is 2. The third-order valence-corrected chi connectivity index (χ3v) is 1.76. The molecule has 0 radical (unpaired) electrons. The zero-order valence-corrected chi connectivity index (χ0v) is 7.96. The summed E-state index contributed by atoms with van der Waals surface area (Å²) in [7, 11) is 0. The lowest BCUT2D eigenvalue weighted by Gasteiger charge is -2.03. The normalized spacial score (nSPS) is 9.21. The van der Waals surface area contributed by atoms with Gasteiger partial charge >= 0.3 is 5.69 Å². The number of hydrogen-bond donors (Lipinski definition) is 0. The van der Waals surface area contributed by atoms with Crippen LogP contribution in [0.4, 0.5) is 10.1 Å². The van der Waals surface area contributed by atoms with E-state index in [0.29, 0.717) is 0 Å². The Morgan fingerprint density at radius 2 is 2.36 bits per heavy atom. The zero-order chi connectivity index (χ0) is 10.6. The lowest BCUT2D eigenvalue weighted by Crippen LogP contribution is -1.93. The van der Waals surface area contributed by atoms with Crippen LogP contribution in [-0.2, 0) is 0 Å². The Morgan fingerprint density at radius 1 is 1.64 bits per heavy atom. The van der Waals surface area contributed by atoms with Gasteiger partial charge in [-0.05, 0) is 0 Å². The van der Waals surface area contributed by atoms with Gasteiger partial charge in [-0.3, -0.25) is 0 Å². The summed E-state index contributed by atoms with van der Waals surface area (Å²) in [6.07, 6.45) is 1.52. The summed E-state index contributed by atoms with van der Waals surface area (Å²) in [5.74, 6) is -0.454. The third kappa shape index (κ3) is 2.21. The van der Waals surface area contributed by atoms with Gasteiger partial charge in [-0.25, -0.2) is 0 Å². The molecule has 0 bridgehead atoms. The molecule has 3 nitrogen and oxygen atoms in total. The summed E-state index contributed by atoms with van der Waals surface area (Å²) in [5, 5.41) is 8.55. The monoisotopic (exact) mass is 213 g/mol. The largest absolute Gasteiger partial charge is 0.488 e. The molecule has 0 aromatic heterocycles. The van der Waals surface area contributed by atoms with Crippen LogP contribution in [0.3, 0.4) is 0 Å². The SMILES string of the molecule is C=CCOc1cc([N+]#N)c(F)cc1Cl. The van der Waals surface area contributed by atoms with Crippen molar-refractivity contribution in [3.63, 3.8) is 0 Å².